The first-order valence-electron chi connectivity index (χ1n) is 7.69. The summed E-state index contributed by atoms with van der Waals surface area (Å²) in [7, 11) is 0. The van der Waals surface area contributed by atoms with Gasteiger partial charge in [-0.05, 0) is 51.3 Å². The van der Waals surface area contributed by atoms with E-state index in [0.29, 0.717) is 5.95 Å². The Balaban J connectivity index is 1.68. The van der Waals surface area contributed by atoms with Gasteiger partial charge in [0.15, 0.2) is 6.61 Å². The maximum Gasteiger partial charge on any atom is 0.264 e. The van der Waals surface area contributed by atoms with Crippen molar-refractivity contribution < 1.29 is 9.53 Å². The summed E-state index contributed by atoms with van der Waals surface area (Å²) in [6, 6.07) is 4.04. The Morgan fingerprint density at radius 2 is 1.92 bits per heavy atom. The van der Waals surface area contributed by atoms with Crippen molar-refractivity contribution in [2.45, 2.75) is 34.6 Å². The van der Waals surface area contributed by atoms with E-state index in [4.69, 9.17) is 4.74 Å². The number of rotatable bonds is 4. The van der Waals surface area contributed by atoms with E-state index < -0.39 is 0 Å². The van der Waals surface area contributed by atoms with Gasteiger partial charge in [0.2, 0.25) is 4.96 Å². The number of anilines is 1. The molecule has 2 aromatic heterocycles. The second-order valence-electron chi connectivity index (χ2n) is 5.86. The van der Waals surface area contributed by atoms with Crippen LogP contribution >= 0.6 is 11.3 Å². The summed E-state index contributed by atoms with van der Waals surface area (Å²) in [6.07, 6.45) is 0. The molecule has 0 unspecified atom stereocenters. The van der Waals surface area contributed by atoms with Gasteiger partial charge in [-0.1, -0.05) is 23.5 Å². The number of carbonyl (C=O) groups excluding carboxylic acids is 1. The molecule has 7 heteroatoms. The quantitative estimate of drug-likeness (QED) is 0.788. The van der Waals surface area contributed by atoms with Crippen LogP contribution in [0.1, 0.15) is 27.3 Å². The second-order valence-corrected chi connectivity index (χ2v) is 7.05. The number of aromatic nitrogens is 3. The number of thiazole rings is 1. The zero-order chi connectivity index (χ0) is 17.4. The number of nitrogens with one attached hydrogen (secondary N) is 1. The number of nitrogens with zero attached hydrogens (tertiary/aromatic N) is 3. The van der Waals surface area contributed by atoms with E-state index in [2.05, 4.69) is 15.4 Å². The van der Waals surface area contributed by atoms with Crippen LogP contribution in [0.2, 0.25) is 0 Å². The Morgan fingerprint density at radius 1 is 1.21 bits per heavy atom. The number of amides is 1. The Hall–Kier alpha value is -2.41. The molecule has 2 heterocycles. The molecule has 126 valence electrons. The molecule has 0 aliphatic heterocycles. The van der Waals surface area contributed by atoms with Crippen molar-refractivity contribution in [2.24, 2.45) is 0 Å². The summed E-state index contributed by atoms with van der Waals surface area (Å²) >= 11 is 1.55. The lowest BCUT2D eigenvalue weighted by molar-refractivity contribution is -0.118. The molecular formula is C17H20N4O2S. The van der Waals surface area contributed by atoms with Gasteiger partial charge in [-0.15, -0.1) is 5.10 Å². The monoisotopic (exact) mass is 344 g/mol. The van der Waals surface area contributed by atoms with Crippen LogP contribution in [0.3, 0.4) is 0 Å². The van der Waals surface area contributed by atoms with Gasteiger partial charge in [0.1, 0.15) is 5.75 Å². The first-order valence-corrected chi connectivity index (χ1v) is 8.50. The number of hydrogen-bond acceptors (Lipinski definition) is 5. The van der Waals surface area contributed by atoms with E-state index in [9.17, 15) is 4.79 Å². The van der Waals surface area contributed by atoms with Crippen LogP contribution < -0.4 is 10.1 Å². The number of hydrogen-bond donors (Lipinski definition) is 1. The Kier molecular flexibility index (Phi) is 4.28. The van der Waals surface area contributed by atoms with Crippen molar-refractivity contribution in [1.82, 2.24) is 14.6 Å². The molecule has 3 aromatic rings. The fraction of sp³-hybridized carbons (Fsp3) is 0.353. The molecule has 3 rings (SSSR count). The summed E-state index contributed by atoms with van der Waals surface area (Å²) in [5.41, 5.74) is 4.23. The number of carbonyl (C=O) groups is 1. The summed E-state index contributed by atoms with van der Waals surface area (Å²) in [5.74, 6) is 0.786. The maximum absolute atomic E-state index is 12.1. The summed E-state index contributed by atoms with van der Waals surface area (Å²) in [4.78, 5) is 18.4. The van der Waals surface area contributed by atoms with Crippen molar-refractivity contribution in [1.29, 1.82) is 0 Å². The van der Waals surface area contributed by atoms with Crippen molar-refractivity contribution in [2.75, 3.05) is 11.9 Å². The molecule has 0 fully saturated rings. The maximum atomic E-state index is 12.1. The van der Waals surface area contributed by atoms with Crippen LogP contribution in [-0.2, 0) is 4.79 Å². The molecule has 0 aliphatic carbocycles. The third kappa shape index (κ3) is 2.99. The molecule has 0 saturated heterocycles. The molecule has 1 aromatic carbocycles. The molecule has 0 aliphatic rings. The smallest absolute Gasteiger partial charge is 0.264 e. The highest BCUT2D eigenvalue weighted by Gasteiger charge is 2.14. The van der Waals surface area contributed by atoms with E-state index in [1.54, 1.807) is 15.9 Å². The summed E-state index contributed by atoms with van der Waals surface area (Å²) in [6.45, 7) is 9.91. The highest BCUT2D eigenvalue weighted by molar-refractivity contribution is 7.17. The lowest BCUT2D eigenvalue weighted by Crippen LogP contribution is -2.21. The zero-order valence-electron chi connectivity index (χ0n) is 14.4. The number of aryl methyl sites for hydroxylation is 4. The second kappa shape index (κ2) is 6.24. The van der Waals surface area contributed by atoms with Gasteiger partial charge in [-0.2, -0.15) is 4.98 Å². The van der Waals surface area contributed by atoms with Gasteiger partial charge in [-0.3, -0.25) is 10.1 Å². The molecule has 0 saturated carbocycles. The highest BCUT2D eigenvalue weighted by atomic mass is 32.1. The number of ether oxygens (including phenoxy) is 1. The normalized spacial score (nSPS) is 11.0. The number of fused-ring (bicyclic) bond motifs is 1. The zero-order valence-corrected chi connectivity index (χ0v) is 15.2. The largest absolute Gasteiger partial charge is 0.483 e. The fourth-order valence-electron chi connectivity index (χ4n) is 2.44. The molecule has 0 bridgehead atoms. The predicted molar refractivity (Wildman–Crippen MR) is 95.1 cm³/mol. The van der Waals surface area contributed by atoms with Crippen molar-refractivity contribution in [3.05, 3.63) is 39.4 Å². The Morgan fingerprint density at radius 3 is 2.62 bits per heavy atom. The van der Waals surface area contributed by atoms with E-state index in [-0.39, 0.29) is 12.5 Å². The van der Waals surface area contributed by atoms with E-state index in [1.165, 1.54) is 0 Å². The van der Waals surface area contributed by atoms with Gasteiger partial charge in [-0.25, -0.2) is 4.52 Å². The summed E-state index contributed by atoms with van der Waals surface area (Å²) in [5, 5.41) is 6.99. The van der Waals surface area contributed by atoms with Crippen LogP contribution in [0.5, 0.6) is 5.75 Å². The topological polar surface area (TPSA) is 68.5 Å². The van der Waals surface area contributed by atoms with E-state index in [1.807, 2.05) is 46.8 Å². The van der Waals surface area contributed by atoms with Crippen LogP contribution in [0.4, 0.5) is 5.95 Å². The Labute approximate surface area is 144 Å². The van der Waals surface area contributed by atoms with Crippen molar-refractivity contribution in [3.8, 4) is 5.75 Å². The van der Waals surface area contributed by atoms with E-state index in [0.717, 1.165) is 38.0 Å². The van der Waals surface area contributed by atoms with Gasteiger partial charge < -0.3 is 4.74 Å². The third-order valence-electron chi connectivity index (χ3n) is 4.12. The van der Waals surface area contributed by atoms with Crippen molar-refractivity contribution in [3.63, 3.8) is 0 Å². The highest BCUT2D eigenvalue weighted by Crippen LogP contribution is 2.25. The number of benzene rings is 1. The minimum Gasteiger partial charge on any atom is -0.483 e. The lowest BCUT2D eigenvalue weighted by atomic mass is 10.1. The summed E-state index contributed by atoms with van der Waals surface area (Å²) < 4.78 is 7.45. The Bertz CT molecular complexity index is 926. The molecule has 1 N–H and O–H groups in total. The SMILES string of the molecule is Cc1ccc(C)c(OCC(=O)Nc2nc3sc(C)c(C)n3n2)c1C. The minimum absolute atomic E-state index is 0.0734. The van der Waals surface area contributed by atoms with Gasteiger partial charge in [0.25, 0.3) is 11.9 Å². The van der Waals surface area contributed by atoms with E-state index >= 15 is 0 Å². The first kappa shape index (κ1) is 16.4. The minimum atomic E-state index is -0.275. The van der Waals surface area contributed by atoms with Crippen LogP contribution in [-0.4, -0.2) is 27.1 Å². The molecule has 0 atom stereocenters. The van der Waals surface area contributed by atoms with Gasteiger partial charge >= 0.3 is 0 Å². The van der Waals surface area contributed by atoms with Crippen molar-refractivity contribution >= 4 is 28.2 Å². The average Bonchev–Trinajstić information content (AvgIpc) is 3.02. The molecule has 1 amide bonds. The molecule has 0 spiro atoms. The third-order valence-corrected chi connectivity index (χ3v) is 5.17. The van der Waals surface area contributed by atoms with Crippen LogP contribution in [0.15, 0.2) is 12.1 Å². The fourth-order valence-corrected chi connectivity index (χ4v) is 3.35. The average molecular weight is 344 g/mol. The standard InChI is InChI=1S/C17H20N4O2S/c1-9-6-7-10(2)15(11(9)3)23-8-14(22)18-16-19-17-21(20-16)12(4)13(5)24-17/h6-7H,8H2,1-5H3,(H,18,20,22). The van der Waals surface area contributed by atoms with Gasteiger partial charge in [0.05, 0.1) is 5.69 Å². The molecular weight excluding hydrogens is 324 g/mol. The lowest BCUT2D eigenvalue weighted by Gasteiger charge is -2.13. The predicted octanol–water partition coefficient (Wildman–Crippen LogP) is 3.35. The molecule has 0 radical (unpaired) electrons. The van der Waals surface area contributed by atoms with Gasteiger partial charge in [0, 0.05) is 4.88 Å². The van der Waals surface area contributed by atoms with Crippen LogP contribution in [0.25, 0.3) is 4.96 Å². The van der Waals surface area contributed by atoms with Crippen LogP contribution in [0, 0.1) is 34.6 Å². The molecule has 24 heavy (non-hydrogen) atoms. The molecule has 6 nitrogen and oxygen atoms in total. The first-order chi connectivity index (χ1) is 11.4.